The zero-order valence-corrected chi connectivity index (χ0v) is 12.1. The van der Waals surface area contributed by atoms with Crippen LogP contribution >= 0.6 is 0 Å². The third kappa shape index (κ3) is 4.01. The number of anilines is 1. The molecule has 0 radical (unpaired) electrons. The highest BCUT2D eigenvalue weighted by atomic mass is 32.2. The maximum absolute atomic E-state index is 11.8. The molecule has 102 valence electrons. The van der Waals surface area contributed by atoms with Crippen molar-refractivity contribution < 1.29 is 4.21 Å². The van der Waals surface area contributed by atoms with Crippen LogP contribution < -0.4 is 4.90 Å². The minimum Gasteiger partial charge on any atom is -0.350 e. The van der Waals surface area contributed by atoms with Gasteiger partial charge in [0.05, 0.1) is 17.3 Å². The first kappa shape index (κ1) is 14.0. The van der Waals surface area contributed by atoms with E-state index in [0.717, 1.165) is 23.8 Å². The molecular formula is C14H19N3OS. The summed E-state index contributed by atoms with van der Waals surface area (Å²) < 4.78 is 11.8. The summed E-state index contributed by atoms with van der Waals surface area (Å²) in [4.78, 5) is 9.62. The van der Waals surface area contributed by atoms with E-state index in [1.54, 1.807) is 11.6 Å². The molecule has 0 aliphatic carbocycles. The first-order chi connectivity index (χ1) is 9.16. The number of aromatic nitrogens is 1. The standard InChI is InChI=1S/C14H19N3OS/c1-16(2)9-10-17(14-7-3-4-8-15-14)12-13-6-5-11-19(13)18/h3-8,11H,9-10,12H2,1-2H3. The fourth-order valence-electron chi connectivity index (χ4n) is 1.81. The molecule has 2 rings (SSSR count). The molecule has 0 fully saturated rings. The van der Waals surface area contributed by atoms with Gasteiger partial charge >= 0.3 is 0 Å². The Morgan fingerprint density at radius 1 is 1.26 bits per heavy atom. The maximum Gasteiger partial charge on any atom is 0.128 e. The van der Waals surface area contributed by atoms with Gasteiger partial charge in [0.1, 0.15) is 5.82 Å². The molecule has 1 atom stereocenters. The van der Waals surface area contributed by atoms with Gasteiger partial charge in [-0.3, -0.25) is 0 Å². The van der Waals surface area contributed by atoms with Gasteiger partial charge in [0, 0.05) is 29.6 Å². The molecule has 1 unspecified atom stereocenters. The van der Waals surface area contributed by atoms with E-state index in [-0.39, 0.29) is 0 Å². The third-order valence-electron chi connectivity index (χ3n) is 2.88. The second-order valence-electron chi connectivity index (χ2n) is 4.67. The maximum atomic E-state index is 11.8. The fraction of sp³-hybridized carbons (Fsp3) is 0.357. The van der Waals surface area contributed by atoms with Crippen LogP contribution in [-0.2, 0) is 10.8 Å². The Labute approximate surface area is 116 Å². The average molecular weight is 277 g/mol. The predicted octanol–water partition coefficient (Wildman–Crippen LogP) is 1.61. The van der Waals surface area contributed by atoms with Gasteiger partial charge in [-0.15, -0.1) is 0 Å². The highest BCUT2D eigenvalue weighted by Gasteiger charge is 2.15. The first-order valence-corrected chi connectivity index (χ1v) is 7.47. The minimum atomic E-state index is -0.972. The van der Waals surface area contributed by atoms with Crippen molar-refractivity contribution in [3.63, 3.8) is 0 Å². The number of likely N-dealkylation sites (N-methyl/N-ethyl adjacent to an activating group) is 1. The van der Waals surface area contributed by atoms with E-state index in [9.17, 15) is 4.21 Å². The van der Waals surface area contributed by atoms with Crippen LogP contribution in [0.2, 0.25) is 0 Å². The average Bonchev–Trinajstić information content (AvgIpc) is 2.81. The van der Waals surface area contributed by atoms with Gasteiger partial charge in [-0.05, 0) is 32.3 Å². The molecule has 2 heterocycles. The second kappa shape index (κ2) is 6.63. The predicted molar refractivity (Wildman–Crippen MR) is 80.4 cm³/mol. The summed E-state index contributed by atoms with van der Waals surface area (Å²) in [5.74, 6) is 0.925. The molecule has 1 aromatic heterocycles. The van der Waals surface area contributed by atoms with Gasteiger partial charge in [-0.2, -0.15) is 0 Å². The van der Waals surface area contributed by atoms with Crippen molar-refractivity contribution in [1.29, 1.82) is 0 Å². The Kier molecular flexibility index (Phi) is 4.87. The molecule has 1 aromatic rings. The summed E-state index contributed by atoms with van der Waals surface area (Å²) in [7, 11) is 3.12. The topological polar surface area (TPSA) is 36.4 Å². The van der Waals surface area contributed by atoms with Gasteiger partial charge in [0.25, 0.3) is 0 Å². The van der Waals surface area contributed by atoms with Crippen LogP contribution in [0.25, 0.3) is 0 Å². The molecule has 0 N–H and O–H groups in total. The van der Waals surface area contributed by atoms with Gasteiger partial charge in [-0.1, -0.05) is 12.1 Å². The number of pyridine rings is 1. The van der Waals surface area contributed by atoms with Crippen LogP contribution in [0.1, 0.15) is 0 Å². The molecule has 4 nitrogen and oxygen atoms in total. The Hall–Kier alpha value is -1.46. The van der Waals surface area contributed by atoms with Crippen molar-refractivity contribution in [2.45, 2.75) is 0 Å². The molecule has 5 heteroatoms. The van der Waals surface area contributed by atoms with Crippen molar-refractivity contribution in [2.24, 2.45) is 0 Å². The Balaban J connectivity index is 2.08. The lowest BCUT2D eigenvalue weighted by atomic mass is 10.3. The summed E-state index contributed by atoms with van der Waals surface area (Å²) in [6.07, 6.45) is 5.58. The van der Waals surface area contributed by atoms with E-state index in [1.165, 1.54) is 0 Å². The van der Waals surface area contributed by atoms with E-state index < -0.39 is 10.8 Å². The molecule has 0 aromatic carbocycles. The smallest absolute Gasteiger partial charge is 0.128 e. The van der Waals surface area contributed by atoms with E-state index in [1.807, 2.05) is 44.4 Å². The van der Waals surface area contributed by atoms with Crippen LogP contribution in [0.15, 0.2) is 46.9 Å². The number of hydrogen-bond acceptors (Lipinski definition) is 4. The quantitative estimate of drug-likeness (QED) is 0.791. The molecule has 0 amide bonds. The molecule has 0 bridgehead atoms. The Morgan fingerprint density at radius 3 is 2.68 bits per heavy atom. The third-order valence-corrected chi connectivity index (χ3v) is 4.07. The number of allylic oxidation sites excluding steroid dienone is 2. The van der Waals surface area contributed by atoms with Crippen LogP contribution in [0, 0.1) is 0 Å². The van der Waals surface area contributed by atoms with Crippen molar-refractivity contribution in [1.82, 2.24) is 9.88 Å². The summed E-state index contributed by atoms with van der Waals surface area (Å²) in [5.41, 5.74) is 0. The van der Waals surface area contributed by atoms with Crippen molar-refractivity contribution in [2.75, 3.05) is 38.6 Å². The molecule has 19 heavy (non-hydrogen) atoms. The lowest BCUT2D eigenvalue weighted by Gasteiger charge is -2.25. The summed E-state index contributed by atoms with van der Waals surface area (Å²) in [6, 6.07) is 5.87. The lowest BCUT2D eigenvalue weighted by Crippen LogP contribution is -2.34. The van der Waals surface area contributed by atoms with Crippen molar-refractivity contribution >= 4 is 16.6 Å². The summed E-state index contributed by atoms with van der Waals surface area (Å²) in [6.45, 7) is 2.45. The van der Waals surface area contributed by atoms with Crippen LogP contribution in [-0.4, -0.2) is 47.8 Å². The summed E-state index contributed by atoms with van der Waals surface area (Å²) >= 11 is 0. The number of rotatable bonds is 6. The molecular weight excluding hydrogens is 258 g/mol. The fourth-order valence-corrected chi connectivity index (χ4v) is 2.70. The Bertz CT molecular complexity index is 497. The van der Waals surface area contributed by atoms with Crippen molar-refractivity contribution in [3.05, 3.63) is 46.9 Å². The monoisotopic (exact) mass is 277 g/mol. The SMILES string of the molecule is CN(C)CCN(CC1=CC=CS1=O)c1ccccn1. The molecule has 0 saturated carbocycles. The normalized spacial score (nSPS) is 17.8. The van der Waals surface area contributed by atoms with E-state index in [2.05, 4.69) is 14.8 Å². The van der Waals surface area contributed by atoms with E-state index in [4.69, 9.17) is 0 Å². The first-order valence-electron chi connectivity index (χ1n) is 6.25. The molecule has 0 saturated heterocycles. The zero-order chi connectivity index (χ0) is 13.7. The van der Waals surface area contributed by atoms with E-state index in [0.29, 0.717) is 6.54 Å². The highest BCUT2D eigenvalue weighted by Crippen LogP contribution is 2.17. The molecule has 1 aliphatic heterocycles. The highest BCUT2D eigenvalue weighted by molar-refractivity contribution is 7.92. The molecule has 1 aliphatic rings. The van der Waals surface area contributed by atoms with Crippen LogP contribution in [0.5, 0.6) is 0 Å². The number of nitrogens with zero attached hydrogens (tertiary/aromatic N) is 3. The van der Waals surface area contributed by atoms with Crippen LogP contribution in [0.3, 0.4) is 0 Å². The second-order valence-corrected chi connectivity index (χ2v) is 6.06. The summed E-state index contributed by atoms with van der Waals surface area (Å²) in [5, 5.41) is 1.72. The molecule has 0 spiro atoms. The van der Waals surface area contributed by atoms with Crippen LogP contribution in [0.4, 0.5) is 5.82 Å². The zero-order valence-electron chi connectivity index (χ0n) is 11.3. The largest absolute Gasteiger partial charge is 0.350 e. The Morgan fingerprint density at radius 2 is 2.11 bits per heavy atom. The van der Waals surface area contributed by atoms with Crippen molar-refractivity contribution in [3.8, 4) is 0 Å². The van der Waals surface area contributed by atoms with Gasteiger partial charge in [0.15, 0.2) is 0 Å². The number of hydrogen-bond donors (Lipinski definition) is 0. The van der Waals surface area contributed by atoms with Gasteiger partial charge < -0.3 is 9.80 Å². The lowest BCUT2D eigenvalue weighted by molar-refractivity contribution is 0.414. The van der Waals surface area contributed by atoms with Gasteiger partial charge in [-0.25, -0.2) is 9.19 Å². The van der Waals surface area contributed by atoms with E-state index >= 15 is 0 Å². The van der Waals surface area contributed by atoms with Gasteiger partial charge in [0.2, 0.25) is 0 Å². The minimum absolute atomic E-state index is 0.657.